The third-order valence-corrected chi connectivity index (χ3v) is 4.30. The summed E-state index contributed by atoms with van der Waals surface area (Å²) in [6.45, 7) is 1.47. The van der Waals surface area contributed by atoms with Crippen LogP contribution in [0.2, 0.25) is 0 Å². The first-order chi connectivity index (χ1) is 13.1. The van der Waals surface area contributed by atoms with Crippen LogP contribution in [-0.2, 0) is 19.2 Å². The van der Waals surface area contributed by atoms with E-state index in [0.717, 1.165) is 48.3 Å². The smallest absolute Gasteiger partial charge is 0.274 e. The molecule has 148 valence electrons. The van der Waals surface area contributed by atoms with Gasteiger partial charge in [0.1, 0.15) is 6.42 Å². The summed E-state index contributed by atoms with van der Waals surface area (Å²) in [6, 6.07) is -0.535. The van der Waals surface area contributed by atoms with Crippen molar-refractivity contribution in [2.75, 3.05) is 26.2 Å². The van der Waals surface area contributed by atoms with Crippen molar-refractivity contribution in [3.63, 3.8) is 0 Å². The molecule has 0 saturated carbocycles. The van der Waals surface area contributed by atoms with Crippen LogP contribution in [0.15, 0.2) is 9.98 Å². The highest BCUT2D eigenvalue weighted by Crippen LogP contribution is 2.15. The Hall–Kier alpha value is -2.63. The molecule has 1 fully saturated rings. The predicted octanol–water partition coefficient (Wildman–Crippen LogP) is 1.96. The molecule has 0 spiro atoms. The van der Waals surface area contributed by atoms with Crippen molar-refractivity contribution < 1.29 is 24.0 Å². The number of rotatable bonds is 14. The number of urea groups is 1. The average molecular weight is 378 g/mol. The largest absolute Gasteiger partial charge is 0.333 e. The first-order valence-electron chi connectivity index (χ1n) is 9.33. The number of aliphatic imine (C=N–C) groups is 2. The van der Waals surface area contributed by atoms with E-state index in [9.17, 15) is 24.0 Å². The van der Waals surface area contributed by atoms with Crippen molar-refractivity contribution in [1.82, 2.24) is 9.80 Å². The summed E-state index contributed by atoms with van der Waals surface area (Å²) in [4.78, 5) is 65.6. The van der Waals surface area contributed by atoms with E-state index >= 15 is 0 Å². The van der Waals surface area contributed by atoms with Crippen LogP contribution in [0, 0.1) is 0 Å². The maximum Gasteiger partial charge on any atom is 0.333 e. The van der Waals surface area contributed by atoms with Gasteiger partial charge in [-0.25, -0.2) is 24.4 Å². The molecular formula is C18H26N4O5. The molecule has 0 atom stereocenters. The zero-order valence-electron chi connectivity index (χ0n) is 15.5. The number of unbranched alkanes of at least 4 members (excludes halogenated alkanes) is 6. The molecule has 4 amide bonds. The van der Waals surface area contributed by atoms with Crippen LogP contribution in [0.5, 0.6) is 0 Å². The maximum absolute atomic E-state index is 12.5. The molecular weight excluding hydrogens is 352 g/mol. The van der Waals surface area contributed by atoms with E-state index in [1.54, 1.807) is 0 Å². The summed E-state index contributed by atoms with van der Waals surface area (Å²) < 4.78 is 0. The second-order valence-corrected chi connectivity index (χ2v) is 6.32. The summed E-state index contributed by atoms with van der Waals surface area (Å²) in [5.41, 5.74) is 0. The lowest BCUT2D eigenvalue weighted by Gasteiger charge is -2.32. The van der Waals surface area contributed by atoms with Gasteiger partial charge in [-0.1, -0.05) is 25.7 Å². The fourth-order valence-electron chi connectivity index (χ4n) is 2.84. The van der Waals surface area contributed by atoms with Crippen molar-refractivity contribution in [2.24, 2.45) is 9.98 Å². The molecule has 0 radical (unpaired) electrons. The minimum atomic E-state index is -0.535. The van der Waals surface area contributed by atoms with Crippen LogP contribution in [-0.4, -0.2) is 66.0 Å². The lowest BCUT2D eigenvalue weighted by molar-refractivity contribution is -0.142. The standard InChI is InChI=1S/C18H26N4O5/c23-14-19-9-5-1-3-7-11-21-16(25)13-17(26)22(18(21)27)12-8-4-2-6-10-20-15-24/h1-13H2. The second kappa shape index (κ2) is 13.6. The van der Waals surface area contributed by atoms with Crippen molar-refractivity contribution >= 4 is 30.0 Å². The Morgan fingerprint density at radius 3 is 1.48 bits per heavy atom. The van der Waals surface area contributed by atoms with Gasteiger partial charge in [0.25, 0.3) is 0 Å². The van der Waals surface area contributed by atoms with Crippen LogP contribution in [0.3, 0.4) is 0 Å². The molecule has 9 nitrogen and oxygen atoms in total. The molecule has 1 rings (SSSR count). The van der Waals surface area contributed by atoms with Crippen LogP contribution in [0.4, 0.5) is 4.79 Å². The molecule has 0 unspecified atom stereocenters. The van der Waals surface area contributed by atoms with Crippen molar-refractivity contribution in [1.29, 1.82) is 0 Å². The minimum Gasteiger partial charge on any atom is -0.274 e. The van der Waals surface area contributed by atoms with Gasteiger partial charge in [-0.05, 0) is 25.7 Å². The van der Waals surface area contributed by atoms with E-state index in [2.05, 4.69) is 9.98 Å². The van der Waals surface area contributed by atoms with Crippen LogP contribution < -0.4 is 0 Å². The Morgan fingerprint density at radius 2 is 1.07 bits per heavy atom. The van der Waals surface area contributed by atoms with Gasteiger partial charge in [-0.3, -0.25) is 19.4 Å². The molecule has 0 aromatic heterocycles. The average Bonchev–Trinajstić information content (AvgIpc) is 2.64. The van der Waals surface area contributed by atoms with E-state index in [1.807, 2.05) is 0 Å². The molecule has 27 heavy (non-hydrogen) atoms. The first-order valence-corrected chi connectivity index (χ1v) is 9.33. The van der Waals surface area contributed by atoms with Gasteiger partial charge in [-0.15, -0.1) is 0 Å². The molecule has 9 heteroatoms. The Balaban J connectivity index is 2.34. The number of hydrogen-bond acceptors (Lipinski definition) is 7. The number of carbonyl (C=O) groups is 3. The van der Waals surface area contributed by atoms with E-state index in [1.165, 1.54) is 12.2 Å². The van der Waals surface area contributed by atoms with E-state index in [4.69, 9.17) is 0 Å². The van der Waals surface area contributed by atoms with Crippen LogP contribution in [0.1, 0.15) is 57.8 Å². The quantitative estimate of drug-likeness (QED) is 0.198. The number of barbiturate groups is 1. The zero-order valence-corrected chi connectivity index (χ0v) is 15.5. The fraction of sp³-hybridized carbons (Fsp3) is 0.722. The molecule has 0 aromatic rings. The van der Waals surface area contributed by atoms with Crippen molar-refractivity contribution in [2.45, 2.75) is 57.8 Å². The van der Waals surface area contributed by atoms with E-state index in [-0.39, 0.29) is 6.42 Å². The predicted molar refractivity (Wildman–Crippen MR) is 96.4 cm³/mol. The highest BCUT2D eigenvalue weighted by atomic mass is 16.2. The molecule has 1 aliphatic heterocycles. The summed E-state index contributed by atoms with van der Waals surface area (Å²) in [7, 11) is 0. The zero-order chi connectivity index (χ0) is 19.9. The second-order valence-electron chi connectivity index (χ2n) is 6.32. The minimum absolute atomic E-state index is 0.270. The molecule has 0 aromatic carbocycles. The van der Waals surface area contributed by atoms with Gasteiger partial charge in [0.2, 0.25) is 24.0 Å². The van der Waals surface area contributed by atoms with Gasteiger partial charge in [0, 0.05) is 13.1 Å². The molecule has 1 heterocycles. The number of hydrogen-bond donors (Lipinski definition) is 0. The Kier molecular flexibility index (Phi) is 11.3. The summed E-state index contributed by atoms with van der Waals surface area (Å²) >= 11 is 0. The van der Waals surface area contributed by atoms with Gasteiger partial charge in [0.05, 0.1) is 13.1 Å². The molecule has 0 N–H and O–H groups in total. The number of isocyanates is 2. The first kappa shape index (κ1) is 22.4. The number of nitrogens with zero attached hydrogens (tertiary/aromatic N) is 4. The lowest BCUT2D eigenvalue weighted by Crippen LogP contribution is -2.55. The Morgan fingerprint density at radius 1 is 0.667 bits per heavy atom. The Bertz CT molecular complexity index is 559. The summed E-state index contributed by atoms with van der Waals surface area (Å²) in [6.07, 6.45) is 8.84. The Labute approximate surface area is 158 Å². The van der Waals surface area contributed by atoms with Gasteiger partial charge < -0.3 is 0 Å². The normalized spacial score (nSPS) is 14.1. The SMILES string of the molecule is O=C=NCCCCCCN1C(=O)CC(=O)N(CCCCCCN=C=O)C1=O. The topological polar surface area (TPSA) is 117 Å². The lowest BCUT2D eigenvalue weighted by atomic mass is 10.1. The third kappa shape index (κ3) is 8.53. The highest BCUT2D eigenvalue weighted by molar-refractivity contribution is 6.14. The molecule has 1 saturated heterocycles. The van der Waals surface area contributed by atoms with Gasteiger partial charge in [-0.2, -0.15) is 0 Å². The van der Waals surface area contributed by atoms with Crippen molar-refractivity contribution in [3.05, 3.63) is 0 Å². The maximum atomic E-state index is 12.5. The molecule has 1 aliphatic rings. The van der Waals surface area contributed by atoms with E-state index < -0.39 is 17.8 Å². The number of amides is 4. The molecule has 0 bridgehead atoms. The number of carbonyl (C=O) groups excluding carboxylic acids is 5. The highest BCUT2D eigenvalue weighted by Gasteiger charge is 2.36. The summed E-state index contributed by atoms with van der Waals surface area (Å²) in [5.74, 6) is -0.892. The van der Waals surface area contributed by atoms with Crippen LogP contribution >= 0.6 is 0 Å². The molecule has 0 aliphatic carbocycles. The summed E-state index contributed by atoms with van der Waals surface area (Å²) in [5, 5.41) is 0. The van der Waals surface area contributed by atoms with Gasteiger partial charge in [0.15, 0.2) is 0 Å². The number of imide groups is 2. The fourth-order valence-corrected chi connectivity index (χ4v) is 2.84. The van der Waals surface area contributed by atoms with Crippen LogP contribution in [0.25, 0.3) is 0 Å². The van der Waals surface area contributed by atoms with Crippen molar-refractivity contribution in [3.8, 4) is 0 Å². The monoisotopic (exact) mass is 378 g/mol. The third-order valence-electron chi connectivity index (χ3n) is 4.30. The van der Waals surface area contributed by atoms with Gasteiger partial charge >= 0.3 is 6.03 Å². The van der Waals surface area contributed by atoms with E-state index in [0.29, 0.717) is 39.0 Å².